The first-order valence-corrected chi connectivity index (χ1v) is 7.77. The van der Waals surface area contributed by atoms with Gasteiger partial charge in [0.25, 0.3) is 0 Å². The Morgan fingerprint density at radius 1 is 1.48 bits per heavy atom. The first-order chi connectivity index (χ1) is 10.1. The third kappa shape index (κ3) is 3.27. The minimum Gasteiger partial charge on any atom is -0.495 e. The third-order valence-electron chi connectivity index (χ3n) is 3.66. The highest BCUT2D eigenvalue weighted by molar-refractivity contribution is 9.10. The molecule has 0 fully saturated rings. The Labute approximate surface area is 133 Å². The van der Waals surface area contributed by atoms with Crippen LogP contribution < -0.4 is 10.1 Å². The third-order valence-corrected chi connectivity index (χ3v) is 4.58. The van der Waals surface area contributed by atoms with E-state index in [9.17, 15) is 0 Å². The normalized spacial score (nSPS) is 12.4. The largest absolute Gasteiger partial charge is 0.495 e. The van der Waals surface area contributed by atoms with Crippen molar-refractivity contribution in [3.63, 3.8) is 0 Å². The van der Waals surface area contributed by atoms with Crippen molar-refractivity contribution in [3.8, 4) is 5.75 Å². The minimum absolute atomic E-state index is 0.138. The first-order valence-electron chi connectivity index (χ1n) is 6.97. The zero-order valence-corrected chi connectivity index (χ0v) is 14.4. The van der Waals surface area contributed by atoms with Crippen LogP contribution in [-0.4, -0.2) is 28.9 Å². The maximum absolute atomic E-state index is 5.42. The molecule has 2 aromatic heterocycles. The number of nitrogens with one attached hydrogen (secondary N) is 1. The van der Waals surface area contributed by atoms with E-state index in [1.165, 1.54) is 5.69 Å². The maximum Gasteiger partial charge on any atom is 0.141 e. The second-order valence-electron chi connectivity index (χ2n) is 4.85. The number of ether oxygens (including phenoxy) is 1. The van der Waals surface area contributed by atoms with Crippen LogP contribution in [0.2, 0.25) is 0 Å². The zero-order chi connectivity index (χ0) is 15.4. The molecule has 0 aliphatic carbocycles. The molecule has 0 bridgehead atoms. The molecule has 0 saturated heterocycles. The highest BCUT2D eigenvalue weighted by atomic mass is 79.9. The summed E-state index contributed by atoms with van der Waals surface area (Å²) in [6.07, 6.45) is 5.27. The predicted octanol–water partition coefficient (Wildman–Crippen LogP) is 2.65. The summed E-state index contributed by atoms with van der Waals surface area (Å²) in [6.45, 7) is 2.11. The molecule has 0 saturated carbocycles. The van der Waals surface area contributed by atoms with Gasteiger partial charge >= 0.3 is 0 Å². The van der Waals surface area contributed by atoms with Gasteiger partial charge in [-0.3, -0.25) is 9.67 Å². The van der Waals surface area contributed by atoms with Crippen LogP contribution in [0, 0.1) is 0 Å². The summed E-state index contributed by atoms with van der Waals surface area (Å²) in [7, 11) is 5.60. The molecule has 1 atom stereocenters. The molecule has 2 aromatic rings. The summed E-state index contributed by atoms with van der Waals surface area (Å²) in [4.78, 5) is 4.11. The van der Waals surface area contributed by atoms with Crippen molar-refractivity contribution in [2.75, 3.05) is 14.2 Å². The van der Waals surface area contributed by atoms with Crippen LogP contribution in [0.25, 0.3) is 0 Å². The van der Waals surface area contributed by atoms with Crippen LogP contribution in [0.3, 0.4) is 0 Å². The minimum atomic E-state index is 0.138. The van der Waals surface area contributed by atoms with E-state index in [4.69, 9.17) is 4.74 Å². The number of pyridine rings is 1. The number of halogens is 1. The van der Waals surface area contributed by atoms with Gasteiger partial charge in [0.2, 0.25) is 0 Å². The van der Waals surface area contributed by atoms with Crippen molar-refractivity contribution < 1.29 is 4.74 Å². The topological polar surface area (TPSA) is 52.0 Å². The average Bonchev–Trinajstić information content (AvgIpc) is 2.79. The number of hydrogen-bond acceptors (Lipinski definition) is 4. The second kappa shape index (κ2) is 7.04. The van der Waals surface area contributed by atoms with Gasteiger partial charge in [0, 0.05) is 31.3 Å². The Kier molecular flexibility index (Phi) is 5.36. The molecule has 5 nitrogen and oxygen atoms in total. The van der Waals surface area contributed by atoms with Gasteiger partial charge in [-0.1, -0.05) is 6.92 Å². The number of rotatable bonds is 6. The summed E-state index contributed by atoms with van der Waals surface area (Å²) in [6, 6.07) is 2.13. The van der Waals surface area contributed by atoms with Gasteiger partial charge in [-0.15, -0.1) is 0 Å². The SMILES string of the molecule is CCc1nn(C)c(CC(NC)c2ccncc2OC)c1Br. The van der Waals surface area contributed by atoms with Crippen LogP contribution in [0.4, 0.5) is 0 Å². The number of methoxy groups -OCH3 is 1. The van der Waals surface area contributed by atoms with Crippen LogP contribution in [0.15, 0.2) is 22.9 Å². The molecule has 2 heterocycles. The van der Waals surface area contributed by atoms with Crippen molar-refractivity contribution in [1.29, 1.82) is 0 Å². The molecular formula is C15H21BrN4O. The van der Waals surface area contributed by atoms with Crippen LogP contribution in [0.1, 0.15) is 29.9 Å². The number of hydrogen-bond donors (Lipinski definition) is 1. The van der Waals surface area contributed by atoms with Gasteiger partial charge in [0.1, 0.15) is 5.75 Å². The van der Waals surface area contributed by atoms with Crippen LogP contribution >= 0.6 is 15.9 Å². The quantitative estimate of drug-likeness (QED) is 0.868. The van der Waals surface area contributed by atoms with Gasteiger partial charge in [-0.2, -0.15) is 5.10 Å². The molecule has 0 aromatic carbocycles. The van der Waals surface area contributed by atoms with Gasteiger partial charge in [0.05, 0.1) is 29.2 Å². The molecule has 0 radical (unpaired) electrons. The summed E-state index contributed by atoms with van der Waals surface area (Å²) < 4.78 is 8.46. The van der Waals surface area contributed by atoms with E-state index >= 15 is 0 Å². The van der Waals surface area contributed by atoms with Crippen molar-refractivity contribution in [2.24, 2.45) is 7.05 Å². The number of aromatic nitrogens is 3. The highest BCUT2D eigenvalue weighted by Gasteiger charge is 2.20. The molecule has 1 unspecified atom stereocenters. The van der Waals surface area contributed by atoms with Crippen LogP contribution in [0.5, 0.6) is 5.75 Å². The molecular weight excluding hydrogens is 332 g/mol. The Morgan fingerprint density at radius 2 is 2.24 bits per heavy atom. The van der Waals surface area contributed by atoms with Crippen molar-refractivity contribution in [1.82, 2.24) is 20.1 Å². The van der Waals surface area contributed by atoms with E-state index < -0.39 is 0 Å². The van der Waals surface area contributed by atoms with Crippen LogP contribution in [-0.2, 0) is 19.9 Å². The molecule has 2 rings (SSSR count). The zero-order valence-electron chi connectivity index (χ0n) is 12.9. The maximum atomic E-state index is 5.42. The first kappa shape index (κ1) is 16.0. The summed E-state index contributed by atoms with van der Waals surface area (Å²) in [5.41, 5.74) is 3.36. The van der Waals surface area contributed by atoms with E-state index in [-0.39, 0.29) is 6.04 Å². The molecule has 21 heavy (non-hydrogen) atoms. The summed E-state index contributed by atoms with van der Waals surface area (Å²) in [5.74, 6) is 0.797. The molecule has 114 valence electrons. The average molecular weight is 353 g/mol. The monoisotopic (exact) mass is 352 g/mol. The molecule has 0 aliphatic heterocycles. The highest BCUT2D eigenvalue weighted by Crippen LogP contribution is 2.30. The molecule has 6 heteroatoms. The lowest BCUT2D eigenvalue weighted by atomic mass is 10.0. The van der Waals surface area contributed by atoms with Gasteiger partial charge < -0.3 is 10.1 Å². The fraction of sp³-hybridized carbons (Fsp3) is 0.467. The lowest BCUT2D eigenvalue weighted by Crippen LogP contribution is -2.21. The lowest BCUT2D eigenvalue weighted by molar-refractivity contribution is 0.398. The van der Waals surface area contributed by atoms with E-state index in [1.54, 1.807) is 19.5 Å². The Bertz CT molecular complexity index is 612. The fourth-order valence-corrected chi connectivity index (χ4v) is 3.23. The van der Waals surface area contributed by atoms with Crippen molar-refractivity contribution >= 4 is 15.9 Å². The van der Waals surface area contributed by atoms with Gasteiger partial charge in [-0.25, -0.2) is 0 Å². The Hall–Kier alpha value is -1.40. The van der Waals surface area contributed by atoms with Gasteiger partial charge in [-0.05, 0) is 35.5 Å². The van der Waals surface area contributed by atoms with Crippen molar-refractivity contribution in [3.05, 3.63) is 39.9 Å². The Balaban J connectivity index is 2.34. The van der Waals surface area contributed by atoms with E-state index in [0.717, 1.165) is 34.3 Å². The number of aryl methyl sites for hydroxylation is 2. The molecule has 0 spiro atoms. The summed E-state index contributed by atoms with van der Waals surface area (Å²) in [5, 5.41) is 7.90. The molecule has 1 N–H and O–H groups in total. The van der Waals surface area contributed by atoms with E-state index in [2.05, 4.69) is 38.3 Å². The Morgan fingerprint density at radius 3 is 2.81 bits per heavy atom. The smallest absolute Gasteiger partial charge is 0.141 e. The fourth-order valence-electron chi connectivity index (χ4n) is 2.45. The lowest BCUT2D eigenvalue weighted by Gasteiger charge is -2.19. The molecule has 0 amide bonds. The van der Waals surface area contributed by atoms with Crippen molar-refractivity contribution in [2.45, 2.75) is 25.8 Å². The van der Waals surface area contributed by atoms with E-state index in [1.807, 2.05) is 24.8 Å². The standard InChI is InChI=1S/C15H21BrN4O/c1-5-11-15(16)13(20(3)19-11)8-12(17-2)10-6-7-18-9-14(10)21-4/h6-7,9,12,17H,5,8H2,1-4H3. The second-order valence-corrected chi connectivity index (χ2v) is 5.64. The summed E-state index contributed by atoms with van der Waals surface area (Å²) >= 11 is 3.67. The number of likely N-dealkylation sites (N-methyl/N-ethyl adjacent to an activating group) is 1. The number of nitrogens with zero attached hydrogens (tertiary/aromatic N) is 3. The predicted molar refractivity (Wildman–Crippen MR) is 86.6 cm³/mol. The van der Waals surface area contributed by atoms with E-state index in [0.29, 0.717) is 0 Å². The molecule has 0 aliphatic rings. The van der Waals surface area contributed by atoms with Gasteiger partial charge in [0.15, 0.2) is 0 Å².